The van der Waals surface area contributed by atoms with Gasteiger partial charge in [-0.3, -0.25) is 14.4 Å². The Hall–Kier alpha value is -7.31. The molecule has 8 aromatic rings. The van der Waals surface area contributed by atoms with E-state index in [-0.39, 0.29) is 16.8 Å². The number of aryl methyl sites for hydroxylation is 2. The first-order chi connectivity index (χ1) is 31.0. The Bertz CT molecular complexity index is 3050. The molecular formula is C48H40F6N6O4S2. The summed E-state index contributed by atoms with van der Waals surface area (Å²) < 4.78 is 81.5. The minimum absolute atomic E-state index is 0.00410. The molecule has 340 valence electrons. The number of carbonyl (C=O) groups excluding carboxylic acids is 2. The molecule has 6 aromatic carbocycles. The zero-order valence-corrected chi connectivity index (χ0v) is 37.4. The van der Waals surface area contributed by atoms with Crippen molar-refractivity contribution >= 4 is 83.6 Å². The van der Waals surface area contributed by atoms with Gasteiger partial charge in [0, 0.05) is 66.0 Å². The second-order valence-electron chi connectivity index (χ2n) is 15.0. The number of carboxylic acid groups (broad SMARTS) is 1. The molecule has 0 aliphatic heterocycles. The summed E-state index contributed by atoms with van der Waals surface area (Å²) in [4.78, 5) is 44.6. The summed E-state index contributed by atoms with van der Waals surface area (Å²) in [5, 5.41) is 14.4. The van der Waals surface area contributed by atoms with Crippen LogP contribution in [0, 0.1) is 13.8 Å². The van der Waals surface area contributed by atoms with Crippen molar-refractivity contribution in [2.24, 2.45) is 0 Å². The van der Waals surface area contributed by atoms with E-state index in [1.165, 1.54) is 37.2 Å². The lowest BCUT2D eigenvalue weighted by Crippen LogP contribution is -2.19. The Labute approximate surface area is 382 Å². The second kappa shape index (κ2) is 19.8. The van der Waals surface area contributed by atoms with Crippen LogP contribution >= 0.6 is 22.7 Å². The fraction of sp³-hybridized carbons (Fsp3) is 0.146. The monoisotopic (exact) mass is 942 g/mol. The molecule has 0 atom stereocenters. The first-order valence-electron chi connectivity index (χ1n) is 19.7. The third kappa shape index (κ3) is 12.1. The van der Waals surface area contributed by atoms with Crippen molar-refractivity contribution in [1.29, 1.82) is 0 Å². The van der Waals surface area contributed by atoms with E-state index in [1.54, 1.807) is 46.9 Å². The predicted octanol–water partition coefficient (Wildman–Crippen LogP) is 12.8. The number of anilines is 4. The van der Waals surface area contributed by atoms with Crippen LogP contribution in [0.2, 0.25) is 0 Å². The zero-order valence-electron chi connectivity index (χ0n) is 35.7. The van der Waals surface area contributed by atoms with Crippen molar-refractivity contribution in [2.45, 2.75) is 33.1 Å². The fourth-order valence-electron chi connectivity index (χ4n) is 6.35. The highest BCUT2D eigenvalue weighted by atomic mass is 32.1. The van der Waals surface area contributed by atoms with E-state index >= 15 is 0 Å². The summed E-state index contributed by atoms with van der Waals surface area (Å²) in [6, 6.07) is 32.9. The Kier molecular flexibility index (Phi) is 14.5. The van der Waals surface area contributed by atoms with Gasteiger partial charge in [-0.25, -0.2) is 9.97 Å². The van der Waals surface area contributed by atoms with Crippen molar-refractivity contribution in [3.63, 3.8) is 0 Å². The molecule has 18 heteroatoms. The number of nitrogens with one attached hydrogen (secondary N) is 2. The summed E-state index contributed by atoms with van der Waals surface area (Å²) in [7, 11) is 3.05. The maximum atomic E-state index is 13.4. The Morgan fingerprint density at radius 3 is 1.38 bits per heavy atom. The van der Waals surface area contributed by atoms with Gasteiger partial charge < -0.3 is 26.4 Å². The summed E-state index contributed by atoms with van der Waals surface area (Å²) in [6.45, 7) is 5.14. The van der Waals surface area contributed by atoms with Crippen LogP contribution in [0.5, 0.6) is 0 Å². The average molecular weight is 943 g/mol. The summed E-state index contributed by atoms with van der Waals surface area (Å²) >= 11 is 3.15. The number of halogens is 6. The highest BCUT2D eigenvalue weighted by molar-refractivity contribution is 7.22. The van der Waals surface area contributed by atoms with Gasteiger partial charge in [0.15, 0.2) is 0 Å². The van der Waals surface area contributed by atoms with Crippen LogP contribution in [0.3, 0.4) is 0 Å². The maximum Gasteiger partial charge on any atom is 0.418 e. The number of hydrogen-bond acceptors (Lipinski definition) is 9. The van der Waals surface area contributed by atoms with E-state index in [0.717, 1.165) is 77.8 Å². The number of aromatic nitrogens is 2. The molecule has 2 aromatic heterocycles. The minimum Gasteiger partial charge on any atom is -0.481 e. The van der Waals surface area contributed by atoms with Gasteiger partial charge >= 0.3 is 12.4 Å². The Morgan fingerprint density at radius 1 is 0.591 bits per heavy atom. The molecule has 0 aliphatic rings. The quantitative estimate of drug-likeness (QED) is 0.0911. The number of rotatable bonds is 7. The molecule has 0 spiro atoms. The summed E-state index contributed by atoms with van der Waals surface area (Å²) in [5.74, 6) is -2.09. The van der Waals surface area contributed by atoms with Crippen LogP contribution in [-0.2, 0) is 17.1 Å². The molecule has 0 saturated carbocycles. The van der Waals surface area contributed by atoms with Crippen LogP contribution in [0.25, 0.3) is 41.6 Å². The number of hydrogen-bond donors (Lipinski definition) is 4. The number of carboxylic acids is 1. The van der Waals surface area contributed by atoms with Crippen molar-refractivity contribution < 1.29 is 45.8 Å². The summed E-state index contributed by atoms with van der Waals surface area (Å²) in [5.41, 5.74) is 9.80. The van der Waals surface area contributed by atoms with E-state index in [2.05, 4.69) is 32.7 Å². The van der Waals surface area contributed by atoms with E-state index in [9.17, 15) is 35.9 Å². The van der Waals surface area contributed by atoms with Crippen LogP contribution in [-0.4, -0.2) is 47.0 Å². The van der Waals surface area contributed by atoms with Gasteiger partial charge in [-0.15, -0.1) is 22.7 Å². The topological polar surface area (TPSA) is 151 Å². The minimum atomic E-state index is -4.63. The SMILES string of the molecule is CC(=O)O.Cc1ccc2nc(-c3ccc(NC(=O)c4ccc(N(C)C)c(C(F)(F)F)c4)cc3)sc2c1.Cc1ccc2nc(-c3ccc(NC(=O)c4ccc(N)c(C(F)(F)F)c4)cc3)sc2c1. The largest absolute Gasteiger partial charge is 0.481 e. The van der Waals surface area contributed by atoms with Crippen LogP contribution in [0.4, 0.5) is 49.1 Å². The highest BCUT2D eigenvalue weighted by Gasteiger charge is 2.35. The van der Waals surface area contributed by atoms with Gasteiger partial charge in [0.05, 0.1) is 31.6 Å². The Morgan fingerprint density at radius 2 is 0.985 bits per heavy atom. The lowest BCUT2D eigenvalue weighted by atomic mass is 10.1. The molecule has 0 bridgehead atoms. The van der Waals surface area contributed by atoms with E-state index in [4.69, 9.17) is 15.6 Å². The van der Waals surface area contributed by atoms with Crippen molar-refractivity contribution in [3.05, 3.63) is 155 Å². The lowest BCUT2D eigenvalue weighted by molar-refractivity contribution is -0.137. The standard InChI is InChI=1S/C24H20F3N3OS.C22H16F3N3OS.C2H4O2/c1-14-4-10-19-21(12-14)32-23(29-19)15-5-8-17(9-6-15)28-22(31)16-7-11-20(30(2)3)18(13-16)24(25,26)27;1-12-2-9-18-19(10-12)30-21(28-18)13-3-6-15(7-4-13)27-20(29)14-5-8-17(26)16(11-14)22(23,24)25;1-2(3)4/h4-13H,1-3H3,(H,28,31);2-11H,26H2,1H3,(H,27,29);1H3,(H,3,4). The predicted molar refractivity (Wildman–Crippen MR) is 250 cm³/mol. The molecule has 0 radical (unpaired) electrons. The number of nitrogens with two attached hydrogens (primary N) is 1. The van der Waals surface area contributed by atoms with Gasteiger partial charge in [0.2, 0.25) is 0 Å². The van der Waals surface area contributed by atoms with Crippen molar-refractivity contribution in [1.82, 2.24) is 9.97 Å². The number of fused-ring (bicyclic) bond motifs is 2. The number of amides is 2. The molecule has 0 fully saturated rings. The smallest absolute Gasteiger partial charge is 0.418 e. The van der Waals surface area contributed by atoms with Crippen molar-refractivity contribution in [3.8, 4) is 21.1 Å². The molecule has 2 heterocycles. The molecular weight excluding hydrogens is 903 g/mol. The number of thiazole rings is 2. The third-order valence-corrected chi connectivity index (χ3v) is 11.7. The van der Waals surface area contributed by atoms with Gasteiger partial charge in [-0.05, 0) is 134 Å². The number of nitrogen functional groups attached to an aromatic ring is 1. The second-order valence-corrected chi connectivity index (χ2v) is 17.0. The highest BCUT2D eigenvalue weighted by Crippen LogP contribution is 2.38. The van der Waals surface area contributed by atoms with Gasteiger partial charge in [-0.1, -0.05) is 12.1 Å². The average Bonchev–Trinajstić information content (AvgIpc) is 3.87. The number of alkyl halides is 6. The molecule has 5 N–H and O–H groups in total. The van der Waals surface area contributed by atoms with Crippen LogP contribution < -0.4 is 21.3 Å². The van der Waals surface area contributed by atoms with Gasteiger partial charge in [-0.2, -0.15) is 26.3 Å². The molecule has 0 saturated heterocycles. The number of aliphatic carboxylic acids is 1. The van der Waals surface area contributed by atoms with E-state index < -0.39 is 47.0 Å². The molecule has 2 amide bonds. The number of carbonyl (C=O) groups is 3. The molecule has 10 nitrogen and oxygen atoms in total. The molecule has 8 rings (SSSR count). The molecule has 66 heavy (non-hydrogen) atoms. The lowest BCUT2D eigenvalue weighted by Gasteiger charge is -2.20. The van der Waals surface area contributed by atoms with Crippen LogP contribution in [0.15, 0.2) is 121 Å². The first-order valence-corrected chi connectivity index (χ1v) is 21.3. The van der Waals surface area contributed by atoms with Crippen molar-refractivity contribution in [2.75, 3.05) is 35.4 Å². The summed E-state index contributed by atoms with van der Waals surface area (Å²) in [6.07, 6.45) is -9.19. The van der Waals surface area contributed by atoms with Gasteiger partial charge in [0.1, 0.15) is 10.0 Å². The van der Waals surface area contributed by atoms with Crippen LogP contribution in [0.1, 0.15) is 49.9 Å². The first kappa shape index (κ1) is 48.2. The third-order valence-electron chi connectivity index (χ3n) is 9.53. The maximum absolute atomic E-state index is 13.4. The van der Waals surface area contributed by atoms with E-state index in [1.807, 2.05) is 62.4 Å². The fourth-order valence-corrected chi connectivity index (χ4v) is 8.49. The Balaban J connectivity index is 0.000000202. The number of benzene rings is 6. The molecule has 0 aliphatic carbocycles. The molecule has 0 unspecified atom stereocenters. The number of nitrogens with zero attached hydrogens (tertiary/aromatic N) is 3. The van der Waals surface area contributed by atoms with Gasteiger partial charge in [0.25, 0.3) is 17.8 Å². The van der Waals surface area contributed by atoms with E-state index in [0.29, 0.717) is 11.4 Å². The normalized spacial score (nSPS) is 11.3. The zero-order chi connectivity index (χ0) is 48.1.